The maximum absolute atomic E-state index is 11.9. The van der Waals surface area contributed by atoms with E-state index in [1.807, 2.05) is 42.8 Å². The van der Waals surface area contributed by atoms with Crippen LogP contribution in [-0.4, -0.2) is 24.6 Å². The number of nitrogens with zero attached hydrogens (tertiary/aromatic N) is 1. The smallest absolute Gasteiger partial charge is 0.267 e. The number of aryl methyl sites for hydroxylation is 2. The lowest BCUT2D eigenvalue weighted by Crippen LogP contribution is -2.21. The Morgan fingerprint density at radius 3 is 2.60 bits per heavy atom. The van der Waals surface area contributed by atoms with Crippen LogP contribution in [0.15, 0.2) is 30.5 Å². The number of carbonyl (C=O) groups excluding carboxylic acids is 1. The van der Waals surface area contributed by atoms with Gasteiger partial charge in [0, 0.05) is 25.4 Å². The van der Waals surface area contributed by atoms with E-state index in [4.69, 9.17) is 4.74 Å². The second-order valence-electron chi connectivity index (χ2n) is 4.72. The predicted molar refractivity (Wildman–Crippen MR) is 80.2 cm³/mol. The van der Waals surface area contributed by atoms with Crippen LogP contribution < -0.4 is 10.1 Å². The molecular formula is C16H20N2O2. The third-order valence-electron chi connectivity index (χ3n) is 3.32. The average molecular weight is 272 g/mol. The molecule has 20 heavy (non-hydrogen) atoms. The number of benzene rings is 1. The molecule has 1 amide bonds. The van der Waals surface area contributed by atoms with Crippen molar-refractivity contribution in [2.75, 3.05) is 14.2 Å². The highest BCUT2D eigenvalue weighted by molar-refractivity contribution is 5.94. The van der Waals surface area contributed by atoms with Crippen LogP contribution in [0, 0.1) is 6.92 Å². The van der Waals surface area contributed by atoms with Crippen LogP contribution in [-0.2, 0) is 6.54 Å². The van der Waals surface area contributed by atoms with Gasteiger partial charge in [0.2, 0.25) is 0 Å². The first-order valence-corrected chi connectivity index (χ1v) is 6.67. The summed E-state index contributed by atoms with van der Waals surface area (Å²) in [6.07, 6.45) is 2.00. The summed E-state index contributed by atoms with van der Waals surface area (Å²) in [5.41, 5.74) is 3.88. The molecule has 1 aromatic carbocycles. The molecule has 1 N–H and O–H groups in total. The Bertz CT molecular complexity index is 629. The molecule has 2 aromatic rings. The minimum Gasteiger partial charge on any atom is -0.497 e. The lowest BCUT2D eigenvalue weighted by molar-refractivity contribution is 0.0954. The van der Waals surface area contributed by atoms with E-state index in [0.29, 0.717) is 5.69 Å². The molecule has 0 unspecified atom stereocenters. The standard InChI is InChI=1S/C16H20N2O2/c1-5-18-10-13(9-15(18)16(19)17-3)12-6-11(2)7-14(8-12)20-4/h6-10H,5H2,1-4H3,(H,17,19). The first-order chi connectivity index (χ1) is 9.58. The molecule has 0 aliphatic heterocycles. The number of rotatable bonds is 4. The molecule has 0 aliphatic rings. The fraction of sp³-hybridized carbons (Fsp3) is 0.312. The number of nitrogens with one attached hydrogen (secondary N) is 1. The quantitative estimate of drug-likeness (QED) is 0.930. The van der Waals surface area contributed by atoms with Crippen molar-refractivity contribution in [1.29, 1.82) is 0 Å². The first-order valence-electron chi connectivity index (χ1n) is 6.67. The van der Waals surface area contributed by atoms with Gasteiger partial charge in [0.25, 0.3) is 5.91 Å². The Kier molecular flexibility index (Phi) is 4.13. The number of hydrogen-bond acceptors (Lipinski definition) is 2. The van der Waals surface area contributed by atoms with Crippen LogP contribution in [0.2, 0.25) is 0 Å². The zero-order valence-corrected chi connectivity index (χ0v) is 12.4. The van der Waals surface area contributed by atoms with E-state index in [2.05, 4.69) is 11.4 Å². The predicted octanol–water partition coefficient (Wildman–Crippen LogP) is 2.85. The van der Waals surface area contributed by atoms with Gasteiger partial charge in [-0.25, -0.2) is 0 Å². The van der Waals surface area contributed by atoms with Crippen LogP contribution in [0.3, 0.4) is 0 Å². The van der Waals surface area contributed by atoms with E-state index in [1.54, 1.807) is 14.2 Å². The molecular weight excluding hydrogens is 252 g/mol. The number of aromatic nitrogens is 1. The van der Waals surface area contributed by atoms with E-state index >= 15 is 0 Å². The van der Waals surface area contributed by atoms with Gasteiger partial charge < -0.3 is 14.6 Å². The zero-order valence-electron chi connectivity index (χ0n) is 12.4. The van der Waals surface area contributed by atoms with Crippen LogP contribution >= 0.6 is 0 Å². The molecule has 0 saturated heterocycles. The Morgan fingerprint density at radius 2 is 2.00 bits per heavy atom. The third-order valence-corrected chi connectivity index (χ3v) is 3.32. The largest absolute Gasteiger partial charge is 0.497 e. The average Bonchev–Trinajstić information content (AvgIpc) is 2.90. The maximum Gasteiger partial charge on any atom is 0.267 e. The lowest BCUT2D eigenvalue weighted by atomic mass is 10.1. The third kappa shape index (κ3) is 2.69. The first kappa shape index (κ1) is 14.2. The lowest BCUT2D eigenvalue weighted by Gasteiger charge is -2.05. The highest BCUT2D eigenvalue weighted by Crippen LogP contribution is 2.27. The fourth-order valence-electron chi connectivity index (χ4n) is 2.28. The van der Waals surface area contributed by atoms with Gasteiger partial charge in [-0.3, -0.25) is 4.79 Å². The van der Waals surface area contributed by atoms with Crippen molar-refractivity contribution >= 4 is 5.91 Å². The minimum absolute atomic E-state index is 0.0716. The number of hydrogen-bond donors (Lipinski definition) is 1. The fourth-order valence-corrected chi connectivity index (χ4v) is 2.28. The van der Waals surface area contributed by atoms with Gasteiger partial charge in [0.1, 0.15) is 11.4 Å². The number of ether oxygens (including phenoxy) is 1. The molecule has 2 rings (SSSR count). The van der Waals surface area contributed by atoms with E-state index < -0.39 is 0 Å². The van der Waals surface area contributed by atoms with Crippen molar-refractivity contribution < 1.29 is 9.53 Å². The van der Waals surface area contributed by atoms with E-state index in [9.17, 15) is 4.79 Å². The maximum atomic E-state index is 11.9. The Balaban J connectivity index is 2.50. The SMILES string of the molecule is CCn1cc(-c2cc(C)cc(OC)c2)cc1C(=O)NC. The van der Waals surface area contributed by atoms with Gasteiger partial charge in [-0.05, 0) is 43.2 Å². The monoisotopic (exact) mass is 272 g/mol. The molecule has 4 nitrogen and oxygen atoms in total. The van der Waals surface area contributed by atoms with Gasteiger partial charge in [0.05, 0.1) is 7.11 Å². The van der Waals surface area contributed by atoms with Crippen molar-refractivity contribution in [3.63, 3.8) is 0 Å². The van der Waals surface area contributed by atoms with Crippen LogP contribution in [0.25, 0.3) is 11.1 Å². The molecule has 0 spiro atoms. The molecule has 106 valence electrons. The Morgan fingerprint density at radius 1 is 1.25 bits per heavy atom. The summed E-state index contributed by atoms with van der Waals surface area (Å²) in [5, 5.41) is 2.67. The summed E-state index contributed by atoms with van der Waals surface area (Å²) in [6, 6.07) is 7.97. The van der Waals surface area contributed by atoms with Gasteiger partial charge >= 0.3 is 0 Å². The molecule has 0 atom stereocenters. The molecule has 0 radical (unpaired) electrons. The summed E-state index contributed by atoms with van der Waals surface area (Å²) >= 11 is 0. The topological polar surface area (TPSA) is 43.3 Å². The summed E-state index contributed by atoms with van der Waals surface area (Å²) in [5.74, 6) is 0.753. The second-order valence-corrected chi connectivity index (χ2v) is 4.72. The molecule has 4 heteroatoms. The van der Waals surface area contributed by atoms with Gasteiger partial charge in [-0.15, -0.1) is 0 Å². The molecule has 0 fully saturated rings. The van der Waals surface area contributed by atoms with Crippen LogP contribution in [0.4, 0.5) is 0 Å². The van der Waals surface area contributed by atoms with Gasteiger partial charge in [-0.1, -0.05) is 6.07 Å². The van der Waals surface area contributed by atoms with E-state index in [0.717, 1.165) is 29.0 Å². The van der Waals surface area contributed by atoms with Gasteiger partial charge in [-0.2, -0.15) is 0 Å². The zero-order chi connectivity index (χ0) is 14.7. The normalized spacial score (nSPS) is 10.4. The summed E-state index contributed by atoms with van der Waals surface area (Å²) < 4.78 is 7.25. The van der Waals surface area contributed by atoms with Crippen molar-refractivity contribution in [1.82, 2.24) is 9.88 Å². The Labute approximate surface area is 119 Å². The molecule has 0 aliphatic carbocycles. The van der Waals surface area contributed by atoms with E-state index in [-0.39, 0.29) is 5.91 Å². The van der Waals surface area contributed by atoms with Crippen molar-refractivity contribution in [2.45, 2.75) is 20.4 Å². The van der Waals surface area contributed by atoms with Gasteiger partial charge in [0.15, 0.2) is 0 Å². The van der Waals surface area contributed by atoms with E-state index in [1.165, 1.54) is 0 Å². The molecule has 1 heterocycles. The number of carbonyl (C=O) groups is 1. The molecule has 0 bridgehead atoms. The Hall–Kier alpha value is -2.23. The second kappa shape index (κ2) is 5.82. The molecule has 0 saturated carbocycles. The summed E-state index contributed by atoms with van der Waals surface area (Å²) in [7, 11) is 3.30. The number of methoxy groups -OCH3 is 1. The van der Waals surface area contributed by atoms with Crippen molar-refractivity contribution in [3.05, 3.63) is 41.7 Å². The van der Waals surface area contributed by atoms with Crippen molar-refractivity contribution in [3.8, 4) is 16.9 Å². The van der Waals surface area contributed by atoms with Crippen LogP contribution in [0.5, 0.6) is 5.75 Å². The summed E-state index contributed by atoms with van der Waals surface area (Å²) in [4.78, 5) is 11.9. The minimum atomic E-state index is -0.0716. The number of amides is 1. The molecule has 1 aromatic heterocycles. The summed E-state index contributed by atoms with van der Waals surface area (Å²) in [6.45, 7) is 4.81. The highest BCUT2D eigenvalue weighted by Gasteiger charge is 2.13. The highest BCUT2D eigenvalue weighted by atomic mass is 16.5. The van der Waals surface area contributed by atoms with Crippen molar-refractivity contribution in [2.24, 2.45) is 0 Å². The van der Waals surface area contributed by atoms with Crippen LogP contribution in [0.1, 0.15) is 23.0 Å².